The van der Waals surface area contributed by atoms with Gasteiger partial charge in [-0.1, -0.05) is 27.2 Å². The van der Waals surface area contributed by atoms with E-state index in [4.69, 9.17) is 4.98 Å². The summed E-state index contributed by atoms with van der Waals surface area (Å²) in [5.74, 6) is 0.966. The van der Waals surface area contributed by atoms with Crippen LogP contribution in [0.5, 0.6) is 0 Å². The van der Waals surface area contributed by atoms with Gasteiger partial charge < -0.3 is 5.32 Å². The number of hydrogen-bond donors (Lipinski definition) is 1. The molecule has 1 aliphatic rings. The van der Waals surface area contributed by atoms with E-state index in [2.05, 4.69) is 31.1 Å². The second kappa shape index (κ2) is 4.73. The lowest BCUT2D eigenvalue weighted by molar-refractivity contribution is 0.522. The highest BCUT2D eigenvalue weighted by molar-refractivity contribution is 5.24. The Balaban J connectivity index is 2.41. The van der Waals surface area contributed by atoms with Gasteiger partial charge in [0.15, 0.2) is 0 Å². The molecule has 0 aromatic carbocycles. The topological polar surface area (TPSA) is 37.8 Å². The van der Waals surface area contributed by atoms with Gasteiger partial charge in [0.25, 0.3) is 0 Å². The average molecular weight is 233 g/mol. The minimum Gasteiger partial charge on any atom is -0.313 e. The van der Waals surface area contributed by atoms with Crippen molar-refractivity contribution in [3.63, 3.8) is 0 Å². The summed E-state index contributed by atoms with van der Waals surface area (Å²) >= 11 is 0. The van der Waals surface area contributed by atoms with Gasteiger partial charge in [-0.2, -0.15) is 0 Å². The van der Waals surface area contributed by atoms with Gasteiger partial charge in [-0.05, 0) is 26.3 Å². The highest BCUT2D eigenvalue weighted by atomic mass is 14.9. The first-order valence-electron chi connectivity index (χ1n) is 6.56. The van der Waals surface area contributed by atoms with Crippen molar-refractivity contribution in [3.05, 3.63) is 23.3 Å². The fourth-order valence-corrected chi connectivity index (χ4v) is 2.38. The van der Waals surface area contributed by atoms with Crippen molar-refractivity contribution in [2.45, 2.75) is 57.9 Å². The Kier molecular flexibility index (Phi) is 3.48. The molecule has 0 amide bonds. The third-order valence-electron chi connectivity index (χ3n) is 3.45. The van der Waals surface area contributed by atoms with Crippen LogP contribution >= 0.6 is 0 Å². The smallest absolute Gasteiger partial charge is 0.133 e. The molecule has 94 valence electrons. The van der Waals surface area contributed by atoms with Crippen LogP contribution in [0.3, 0.4) is 0 Å². The molecule has 0 spiro atoms. The summed E-state index contributed by atoms with van der Waals surface area (Å²) in [6, 6.07) is 0.432. The van der Waals surface area contributed by atoms with E-state index in [1.54, 1.807) is 0 Å². The normalized spacial score (nSPS) is 20.8. The molecular weight excluding hydrogens is 210 g/mol. The Morgan fingerprint density at radius 1 is 1.29 bits per heavy atom. The summed E-state index contributed by atoms with van der Waals surface area (Å²) in [7, 11) is 2.03. The first-order valence-corrected chi connectivity index (χ1v) is 6.56. The standard InChI is InChI=1S/C14H23N3/c1-14(2,3)13-16-9-10-11(15-4)7-5-6-8-12(10)17-13/h9,11,15H,5-8H2,1-4H3. The molecule has 1 N–H and O–H groups in total. The molecule has 1 aromatic heterocycles. The quantitative estimate of drug-likeness (QED) is 0.758. The molecule has 1 aliphatic carbocycles. The first-order chi connectivity index (χ1) is 8.02. The van der Waals surface area contributed by atoms with Crippen LogP contribution in [0.15, 0.2) is 6.20 Å². The summed E-state index contributed by atoms with van der Waals surface area (Å²) in [5.41, 5.74) is 2.59. The highest BCUT2D eigenvalue weighted by Crippen LogP contribution is 2.28. The number of nitrogens with one attached hydrogen (secondary N) is 1. The van der Waals surface area contributed by atoms with E-state index in [0.29, 0.717) is 6.04 Å². The zero-order valence-corrected chi connectivity index (χ0v) is 11.4. The summed E-state index contributed by atoms with van der Waals surface area (Å²) in [6.45, 7) is 6.50. The molecule has 0 saturated heterocycles. The first kappa shape index (κ1) is 12.5. The molecule has 0 aliphatic heterocycles. The van der Waals surface area contributed by atoms with Crippen molar-refractivity contribution in [1.82, 2.24) is 15.3 Å². The van der Waals surface area contributed by atoms with Crippen molar-refractivity contribution >= 4 is 0 Å². The van der Waals surface area contributed by atoms with E-state index in [0.717, 1.165) is 12.2 Å². The molecule has 17 heavy (non-hydrogen) atoms. The lowest BCUT2D eigenvalue weighted by Gasteiger charge is -2.20. The average Bonchev–Trinajstić information content (AvgIpc) is 2.48. The zero-order valence-electron chi connectivity index (χ0n) is 11.4. The van der Waals surface area contributed by atoms with Gasteiger partial charge in [0, 0.05) is 28.9 Å². The minimum absolute atomic E-state index is 0.0382. The fourth-order valence-electron chi connectivity index (χ4n) is 2.38. The van der Waals surface area contributed by atoms with Crippen LogP contribution in [0.1, 0.15) is 63.2 Å². The number of hydrogen-bond acceptors (Lipinski definition) is 3. The number of aryl methyl sites for hydroxylation is 1. The van der Waals surface area contributed by atoms with Crippen LogP contribution in [0, 0.1) is 0 Å². The third kappa shape index (κ3) is 2.65. The van der Waals surface area contributed by atoms with Crippen molar-refractivity contribution in [2.75, 3.05) is 7.05 Å². The number of fused-ring (bicyclic) bond motifs is 1. The van der Waals surface area contributed by atoms with Crippen molar-refractivity contribution < 1.29 is 0 Å². The van der Waals surface area contributed by atoms with Gasteiger partial charge in [0.05, 0.1) is 0 Å². The predicted octanol–water partition coefficient (Wildman–Crippen LogP) is 2.76. The molecule has 1 unspecified atom stereocenters. The molecule has 1 atom stereocenters. The molecule has 1 aromatic rings. The Bertz CT molecular complexity index is 393. The van der Waals surface area contributed by atoms with Crippen molar-refractivity contribution in [1.29, 1.82) is 0 Å². The van der Waals surface area contributed by atoms with E-state index < -0.39 is 0 Å². The molecule has 0 fully saturated rings. The molecule has 0 bridgehead atoms. The zero-order chi connectivity index (χ0) is 12.5. The summed E-state index contributed by atoms with van der Waals surface area (Å²) in [4.78, 5) is 9.34. The van der Waals surface area contributed by atoms with Gasteiger partial charge in [0.1, 0.15) is 5.82 Å². The monoisotopic (exact) mass is 233 g/mol. The molecular formula is C14H23N3. The molecule has 1 heterocycles. The van der Waals surface area contributed by atoms with E-state index >= 15 is 0 Å². The van der Waals surface area contributed by atoms with Crippen LogP contribution in [-0.4, -0.2) is 17.0 Å². The number of rotatable bonds is 1. The van der Waals surface area contributed by atoms with Gasteiger partial charge in [-0.3, -0.25) is 0 Å². The van der Waals surface area contributed by atoms with Crippen molar-refractivity contribution in [3.8, 4) is 0 Å². The Morgan fingerprint density at radius 3 is 2.71 bits per heavy atom. The van der Waals surface area contributed by atoms with Gasteiger partial charge in [-0.15, -0.1) is 0 Å². The maximum atomic E-state index is 4.79. The van der Waals surface area contributed by atoms with E-state index in [1.165, 1.54) is 30.5 Å². The van der Waals surface area contributed by atoms with Crippen LogP contribution in [0.25, 0.3) is 0 Å². The maximum Gasteiger partial charge on any atom is 0.133 e. The predicted molar refractivity (Wildman–Crippen MR) is 70.1 cm³/mol. The second-order valence-corrected chi connectivity index (χ2v) is 5.93. The minimum atomic E-state index is 0.0382. The fraction of sp³-hybridized carbons (Fsp3) is 0.714. The van der Waals surface area contributed by atoms with E-state index in [1.807, 2.05) is 13.2 Å². The van der Waals surface area contributed by atoms with Crippen LogP contribution in [-0.2, 0) is 11.8 Å². The van der Waals surface area contributed by atoms with Gasteiger partial charge in [0.2, 0.25) is 0 Å². The van der Waals surface area contributed by atoms with Crippen molar-refractivity contribution in [2.24, 2.45) is 0 Å². The van der Waals surface area contributed by atoms with E-state index in [9.17, 15) is 0 Å². The van der Waals surface area contributed by atoms with Gasteiger partial charge >= 0.3 is 0 Å². The summed E-state index contributed by atoms with van der Waals surface area (Å²) in [6.07, 6.45) is 6.84. The summed E-state index contributed by atoms with van der Waals surface area (Å²) < 4.78 is 0. The molecule has 3 nitrogen and oxygen atoms in total. The Morgan fingerprint density at radius 2 is 2.06 bits per heavy atom. The lowest BCUT2D eigenvalue weighted by Crippen LogP contribution is -2.21. The summed E-state index contributed by atoms with van der Waals surface area (Å²) in [5, 5.41) is 3.38. The number of aromatic nitrogens is 2. The molecule has 2 rings (SSSR count). The molecule has 0 radical (unpaired) electrons. The number of nitrogens with zero attached hydrogens (tertiary/aromatic N) is 2. The maximum absolute atomic E-state index is 4.79. The van der Waals surface area contributed by atoms with Crippen LogP contribution in [0.4, 0.5) is 0 Å². The SMILES string of the molecule is CNC1CCCCc2nc(C(C)(C)C)ncc21. The van der Waals surface area contributed by atoms with E-state index in [-0.39, 0.29) is 5.41 Å². The Labute approximate surface area is 104 Å². The Hall–Kier alpha value is -0.960. The third-order valence-corrected chi connectivity index (χ3v) is 3.45. The molecule has 3 heteroatoms. The second-order valence-electron chi connectivity index (χ2n) is 5.93. The van der Waals surface area contributed by atoms with Crippen LogP contribution < -0.4 is 5.32 Å². The lowest BCUT2D eigenvalue weighted by atomic mass is 9.95. The van der Waals surface area contributed by atoms with Gasteiger partial charge in [-0.25, -0.2) is 9.97 Å². The largest absolute Gasteiger partial charge is 0.313 e. The van der Waals surface area contributed by atoms with Crippen LogP contribution in [0.2, 0.25) is 0 Å². The molecule has 0 saturated carbocycles. The highest BCUT2D eigenvalue weighted by Gasteiger charge is 2.23.